The Morgan fingerprint density at radius 1 is 1.17 bits per heavy atom. The Bertz CT molecular complexity index is 587. The highest BCUT2D eigenvalue weighted by molar-refractivity contribution is 7.99. The van der Waals surface area contributed by atoms with Gasteiger partial charge in [0, 0.05) is 35.7 Å². The number of nitrogens with zero attached hydrogens (tertiary/aromatic N) is 1. The number of hydrogen-bond acceptors (Lipinski definition) is 4. The van der Waals surface area contributed by atoms with Gasteiger partial charge < -0.3 is 15.3 Å². The number of carbonyl (C=O) groups is 3. The van der Waals surface area contributed by atoms with E-state index in [0.29, 0.717) is 10.8 Å². The van der Waals surface area contributed by atoms with Gasteiger partial charge in [-0.15, -0.1) is 11.8 Å². The lowest BCUT2D eigenvalue weighted by Gasteiger charge is -2.26. The van der Waals surface area contributed by atoms with Gasteiger partial charge in [-0.25, -0.2) is 4.79 Å². The summed E-state index contributed by atoms with van der Waals surface area (Å²) in [5, 5.41) is 12.2. The number of amides is 2. The minimum absolute atomic E-state index is 0.133. The van der Waals surface area contributed by atoms with E-state index in [0.717, 1.165) is 4.90 Å². The molecule has 24 heavy (non-hydrogen) atoms. The first-order chi connectivity index (χ1) is 11.2. The van der Waals surface area contributed by atoms with Gasteiger partial charge in [0.05, 0.1) is 0 Å². The van der Waals surface area contributed by atoms with Crippen LogP contribution in [0.2, 0.25) is 0 Å². The van der Waals surface area contributed by atoms with Gasteiger partial charge in [-0.1, -0.05) is 13.8 Å². The lowest BCUT2D eigenvalue weighted by molar-refractivity contribution is -0.141. The van der Waals surface area contributed by atoms with Gasteiger partial charge in [0.2, 0.25) is 5.91 Å². The normalized spacial score (nSPS) is 11.9. The van der Waals surface area contributed by atoms with Gasteiger partial charge in [0.1, 0.15) is 6.04 Å². The monoisotopic (exact) mass is 352 g/mol. The number of hydrogen-bond donors (Lipinski definition) is 2. The number of carboxylic acid groups (broad SMARTS) is 1. The second-order valence-corrected chi connectivity index (χ2v) is 7.34. The van der Waals surface area contributed by atoms with E-state index < -0.39 is 12.0 Å². The fourth-order valence-corrected chi connectivity index (χ4v) is 2.91. The number of carboxylic acids is 1. The van der Waals surface area contributed by atoms with Crippen molar-refractivity contribution in [3.63, 3.8) is 0 Å². The highest BCUT2D eigenvalue weighted by Gasteiger charge is 2.26. The van der Waals surface area contributed by atoms with E-state index in [1.54, 1.807) is 23.9 Å². The van der Waals surface area contributed by atoms with Crippen molar-refractivity contribution in [2.24, 2.45) is 0 Å². The molecule has 0 aromatic heterocycles. The van der Waals surface area contributed by atoms with E-state index in [9.17, 15) is 19.5 Å². The summed E-state index contributed by atoms with van der Waals surface area (Å²) in [6.07, 6.45) is 0. The molecule has 0 aliphatic heterocycles. The molecule has 2 N–H and O–H groups in total. The Hall–Kier alpha value is -2.02. The standard InChI is InChI=1S/C17H24N2O4S/c1-11(2)24-15-7-5-14(6-8-15)16(21)19(12(3)17(22)23)10-9-18-13(4)20/h5-8,11-12H,9-10H2,1-4H3,(H,18,20)(H,22,23). The fourth-order valence-electron chi connectivity index (χ4n) is 2.07. The van der Waals surface area contributed by atoms with Crippen molar-refractivity contribution in [1.29, 1.82) is 0 Å². The lowest BCUT2D eigenvalue weighted by atomic mass is 10.1. The topological polar surface area (TPSA) is 86.7 Å². The molecule has 7 heteroatoms. The van der Waals surface area contributed by atoms with Crippen molar-refractivity contribution in [1.82, 2.24) is 10.2 Å². The summed E-state index contributed by atoms with van der Waals surface area (Å²) in [7, 11) is 0. The van der Waals surface area contributed by atoms with E-state index in [2.05, 4.69) is 19.2 Å². The van der Waals surface area contributed by atoms with E-state index in [4.69, 9.17) is 0 Å². The summed E-state index contributed by atoms with van der Waals surface area (Å²) in [4.78, 5) is 37.2. The SMILES string of the molecule is CC(=O)NCCN(C(=O)c1ccc(SC(C)C)cc1)C(C)C(=O)O. The first-order valence-corrected chi connectivity index (χ1v) is 8.65. The molecule has 0 bridgehead atoms. The number of carbonyl (C=O) groups excluding carboxylic acids is 2. The van der Waals surface area contributed by atoms with Crippen LogP contribution in [0.1, 0.15) is 38.1 Å². The summed E-state index contributed by atoms with van der Waals surface area (Å²) in [6, 6.07) is 6.14. The number of thioether (sulfide) groups is 1. The van der Waals surface area contributed by atoms with Crippen LogP contribution in [0.15, 0.2) is 29.2 Å². The van der Waals surface area contributed by atoms with Crippen molar-refractivity contribution >= 4 is 29.5 Å². The molecule has 0 saturated carbocycles. The largest absolute Gasteiger partial charge is 0.480 e. The average molecular weight is 352 g/mol. The molecule has 132 valence electrons. The minimum atomic E-state index is -1.09. The molecule has 0 radical (unpaired) electrons. The highest BCUT2D eigenvalue weighted by Crippen LogP contribution is 2.23. The molecular formula is C17H24N2O4S. The molecule has 0 aliphatic carbocycles. The maximum atomic E-state index is 12.6. The molecule has 0 fully saturated rings. The maximum Gasteiger partial charge on any atom is 0.326 e. The summed E-state index contributed by atoms with van der Waals surface area (Å²) >= 11 is 1.69. The van der Waals surface area contributed by atoms with Gasteiger partial charge in [-0.05, 0) is 31.2 Å². The average Bonchev–Trinajstić information content (AvgIpc) is 2.50. The first-order valence-electron chi connectivity index (χ1n) is 7.77. The maximum absolute atomic E-state index is 12.6. The molecule has 1 aromatic rings. The zero-order chi connectivity index (χ0) is 18.3. The lowest BCUT2D eigenvalue weighted by Crippen LogP contribution is -2.46. The van der Waals surface area contributed by atoms with E-state index in [1.165, 1.54) is 18.7 Å². The van der Waals surface area contributed by atoms with Crippen molar-refractivity contribution in [2.45, 2.75) is 43.9 Å². The molecule has 1 rings (SSSR count). The van der Waals surface area contributed by atoms with Gasteiger partial charge in [-0.2, -0.15) is 0 Å². The predicted octanol–water partition coefficient (Wildman–Crippen LogP) is 2.24. The van der Waals surface area contributed by atoms with Crippen molar-refractivity contribution in [3.05, 3.63) is 29.8 Å². The van der Waals surface area contributed by atoms with E-state index in [-0.39, 0.29) is 24.9 Å². The Morgan fingerprint density at radius 3 is 2.21 bits per heavy atom. The van der Waals surface area contributed by atoms with Crippen LogP contribution in [0.4, 0.5) is 0 Å². The Balaban J connectivity index is 2.89. The van der Waals surface area contributed by atoms with Crippen LogP contribution in [0.25, 0.3) is 0 Å². The minimum Gasteiger partial charge on any atom is -0.480 e. The second-order valence-electron chi connectivity index (χ2n) is 5.69. The summed E-state index contributed by atoms with van der Waals surface area (Å²) in [6.45, 7) is 7.34. The molecule has 2 amide bonds. The Labute approximate surface area is 146 Å². The van der Waals surface area contributed by atoms with Crippen LogP contribution in [-0.2, 0) is 9.59 Å². The number of benzene rings is 1. The zero-order valence-electron chi connectivity index (χ0n) is 14.4. The molecular weight excluding hydrogens is 328 g/mol. The molecule has 1 atom stereocenters. The van der Waals surface area contributed by atoms with Crippen LogP contribution >= 0.6 is 11.8 Å². The third-order valence-electron chi connectivity index (χ3n) is 3.29. The van der Waals surface area contributed by atoms with Crippen LogP contribution < -0.4 is 5.32 Å². The first kappa shape index (κ1) is 20.0. The van der Waals surface area contributed by atoms with E-state index in [1.807, 2.05) is 12.1 Å². The smallest absolute Gasteiger partial charge is 0.326 e. The highest BCUT2D eigenvalue weighted by atomic mass is 32.2. The van der Waals surface area contributed by atoms with Gasteiger partial charge in [0.25, 0.3) is 5.91 Å². The zero-order valence-corrected chi connectivity index (χ0v) is 15.2. The number of aliphatic carboxylic acids is 1. The van der Waals surface area contributed by atoms with Gasteiger partial charge in [-0.3, -0.25) is 9.59 Å². The van der Waals surface area contributed by atoms with Crippen LogP contribution in [0.5, 0.6) is 0 Å². The third-order valence-corrected chi connectivity index (χ3v) is 4.30. The number of nitrogens with one attached hydrogen (secondary N) is 1. The molecule has 0 heterocycles. The van der Waals surface area contributed by atoms with Gasteiger partial charge in [0.15, 0.2) is 0 Å². The van der Waals surface area contributed by atoms with Crippen molar-refractivity contribution in [2.75, 3.05) is 13.1 Å². The van der Waals surface area contributed by atoms with Crippen LogP contribution in [0, 0.1) is 0 Å². The molecule has 0 saturated heterocycles. The quantitative estimate of drug-likeness (QED) is 0.701. The Kier molecular flexibility index (Phi) is 7.78. The molecule has 1 unspecified atom stereocenters. The molecule has 6 nitrogen and oxygen atoms in total. The summed E-state index contributed by atoms with van der Waals surface area (Å²) in [5.74, 6) is -1.67. The van der Waals surface area contributed by atoms with Crippen molar-refractivity contribution < 1.29 is 19.5 Å². The second kappa shape index (κ2) is 9.32. The van der Waals surface area contributed by atoms with E-state index >= 15 is 0 Å². The molecule has 1 aromatic carbocycles. The summed E-state index contributed by atoms with van der Waals surface area (Å²) in [5.41, 5.74) is 0.430. The van der Waals surface area contributed by atoms with Gasteiger partial charge >= 0.3 is 5.97 Å². The predicted molar refractivity (Wildman–Crippen MR) is 94.3 cm³/mol. The summed E-state index contributed by atoms with van der Waals surface area (Å²) < 4.78 is 0. The third kappa shape index (κ3) is 6.23. The van der Waals surface area contributed by atoms with Crippen LogP contribution in [-0.4, -0.2) is 52.2 Å². The molecule has 0 spiro atoms. The van der Waals surface area contributed by atoms with Crippen molar-refractivity contribution in [3.8, 4) is 0 Å². The molecule has 0 aliphatic rings. The van der Waals surface area contributed by atoms with Crippen LogP contribution in [0.3, 0.4) is 0 Å². The Morgan fingerprint density at radius 2 is 1.75 bits per heavy atom. The number of rotatable bonds is 8. The fraction of sp³-hybridized carbons (Fsp3) is 0.471.